The van der Waals surface area contributed by atoms with Crippen LogP contribution in [0.4, 0.5) is 8.78 Å². The summed E-state index contributed by atoms with van der Waals surface area (Å²) in [6.07, 6.45) is 1.24. The highest BCUT2D eigenvalue weighted by molar-refractivity contribution is 7.91. The van der Waals surface area contributed by atoms with E-state index >= 15 is 0 Å². The van der Waals surface area contributed by atoms with Gasteiger partial charge in [0.05, 0.1) is 28.2 Å². The Balaban J connectivity index is 1.77. The van der Waals surface area contributed by atoms with Crippen LogP contribution < -0.4 is 10.1 Å². The average Bonchev–Trinajstić information content (AvgIpc) is 3.23. The fourth-order valence-electron chi connectivity index (χ4n) is 3.95. The third-order valence-corrected chi connectivity index (χ3v) is 8.37. The van der Waals surface area contributed by atoms with Gasteiger partial charge in [-0.15, -0.1) is 0 Å². The molecule has 1 aromatic heterocycles. The number of carbonyl (C=O) groups is 1. The van der Waals surface area contributed by atoms with Crippen LogP contribution in [-0.2, 0) is 19.7 Å². The molecule has 4 rings (SSSR count). The third kappa shape index (κ3) is 4.89. The molecule has 0 bridgehead atoms. The minimum absolute atomic E-state index is 0.0256. The first-order valence-electron chi connectivity index (χ1n) is 10.1. The molecule has 1 amide bonds. The molecule has 1 saturated heterocycles. The molecule has 0 spiro atoms. The Morgan fingerprint density at radius 1 is 1.24 bits per heavy atom. The first-order valence-corrected chi connectivity index (χ1v) is 13.8. The van der Waals surface area contributed by atoms with Crippen molar-refractivity contribution in [3.63, 3.8) is 0 Å². The molecule has 13 heteroatoms. The SMILES string of the molecule is CC1(NC(=O)c2ccc3c(c2)c(S(C)(=O)=O)nn3-c2cccc(OC(F)F)c2)CCS(=O)(=O)C1. The van der Waals surface area contributed by atoms with E-state index in [2.05, 4.69) is 15.2 Å². The maximum absolute atomic E-state index is 12.9. The maximum atomic E-state index is 12.9. The minimum atomic E-state index is -3.83. The van der Waals surface area contributed by atoms with E-state index in [4.69, 9.17) is 0 Å². The molecular formula is C21H21F2N3O6S2. The highest BCUT2D eigenvalue weighted by atomic mass is 32.2. The van der Waals surface area contributed by atoms with Gasteiger partial charge in [0.1, 0.15) is 5.75 Å². The number of sulfone groups is 2. The number of ether oxygens (including phenoxy) is 1. The molecule has 1 aliphatic heterocycles. The van der Waals surface area contributed by atoms with Gasteiger partial charge < -0.3 is 10.1 Å². The molecule has 34 heavy (non-hydrogen) atoms. The van der Waals surface area contributed by atoms with E-state index in [9.17, 15) is 30.4 Å². The number of nitrogens with one attached hydrogen (secondary N) is 1. The molecule has 1 fully saturated rings. The van der Waals surface area contributed by atoms with Crippen LogP contribution in [0.2, 0.25) is 0 Å². The van der Waals surface area contributed by atoms with Gasteiger partial charge in [-0.2, -0.15) is 13.9 Å². The predicted molar refractivity (Wildman–Crippen MR) is 120 cm³/mol. The van der Waals surface area contributed by atoms with Crippen LogP contribution in [0.3, 0.4) is 0 Å². The van der Waals surface area contributed by atoms with E-state index in [1.807, 2.05) is 0 Å². The van der Waals surface area contributed by atoms with Gasteiger partial charge in [-0.1, -0.05) is 6.07 Å². The van der Waals surface area contributed by atoms with Gasteiger partial charge in [0.25, 0.3) is 5.91 Å². The Morgan fingerprint density at radius 2 is 1.97 bits per heavy atom. The fourth-order valence-corrected chi connectivity index (χ4v) is 6.84. The Labute approximate surface area is 194 Å². The number of rotatable bonds is 6. The number of halogens is 2. The fraction of sp³-hybridized carbons (Fsp3) is 0.333. The van der Waals surface area contributed by atoms with Crippen molar-refractivity contribution in [1.82, 2.24) is 15.1 Å². The van der Waals surface area contributed by atoms with Crippen LogP contribution in [0.25, 0.3) is 16.6 Å². The van der Waals surface area contributed by atoms with Crippen LogP contribution in [-0.4, -0.2) is 62.4 Å². The van der Waals surface area contributed by atoms with E-state index in [1.165, 1.54) is 41.1 Å². The van der Waals surface area contributed by atoms with E-state index in [1.54, 1.807) is 13.0 Å². The van der Waals surface area contributed by atoms with Crippen LogP contribution in [0, 0.1) is 0 Å². The molecule has 3 aromatic rings. The van der Waals surface area contributed by atoms with Gasteiger partial charge in [0, 0.05) is 23.3 Å². The number of amides is 1. The summed E-state index contributed by atoms with van der Waals surface area (Å²) in [5, 5.41) is 6.75. The summed E-state index contributed by atoms with van der Waals surface area (Å²) < 4.78 is 79.4. The van der Waals surface area contributed by atoms with Crippen LogP contribution in [0.15, 0.2) is 47.5 Å². The molecule has 182 valence electrons. The summed E-state index contributed by atoms with van der Waals surface area (Å²) in [6, 6.07) is 9.90. The zero-order valence-electron chi connectivity index (χ0n) is 18.2. The Bertz CT molecular complexity index is 1500. The first-order chi connectivity index (χ1) is 15.8. The molecule has 0 radical (unpaired) electrons. The molecule has 1 unspecified atom stereocenters. The zero-order chi connectivity index (χ0) is 24.9. The van der Waals surface area contributed by atoms with E-state index in [-0.39, 0.29) is 45.3 Å². The molecule has 9 nitrogen and oxygen atoms in total. The smallest absolute Gasteiger partial charge is 0.387 e. The molecule has 1 aliphatic rings. The number of hydrogen-bond acceptors (Lipinski definition) is 7. The second-order valence-electron chi connectivity index (χ2n) is 8.45. The van der Waals surface area contributed by atoms with Crippen LogP contribution in [0.5, 0.6) is 5.75 Å². The van der Waals surface area contributed by atoms with Crippen molar-refractivity contribution < 1.29 is 35.1 Å². The normalized spacial score (nSPS) is 20.0. The third-order valence-electron chi connectivity index (χ3n) is 5.47. The van der Waals surface area contributed by atoms with Gasteiger partial charge in [-0.25, -0.2) is 21.5 Å². The maximum Gasteiger partial charge on any atom is 0.387 e. The van der Waals surface area contributed by atoms with Gasteiger partial charge in [-0.3, -0.25) is 4.79 Å². The van der Waals surface area contributed by atoms with E-state index in [0.717, 1.165) is 6.26 Å². The quantitative estimate of drug-likeness (QED) is 0.536. The first kappa shape index (κ1) is 24.1. The lowest BCUT2D eigenvalue weighted by Crippen LogP contribution is -2.46. The highest BCUT2D eigenvalue weighted by Crippen LogP contribution is 2.29. The molecule has 2 aromatic carbocycles. The number of aromatic nitrogens is 2. The largest absolute Gasteiger partial charge is 0.435 e. The van der Waals surface area contributed by atoms with Crippen molar-refractivity contribution in [3.8, 4) is 11.4 Å². The second kappa shape index (κ2) is 8.31. The van der Waals surface area contributed by atoms with Gasteiger partial charge >= 0.3 is 6.61 Å². The lowest BCUT2D eigenvalue weighted by molar-refractivity contribution is -0.0498. The van der Waals surface area contributed by atoms with Gasteiger partial charge in [0.15, 0.2) is 24.7 Å². The van der Waals surface area contributed by atoms with E-state index in [0.29, 0.717) is 5.52 Å². The number of hydrogen-bond donors (Lipinski definition) is 1. The molecule has 1 atom stereocenters. The van der Waals surface area contributed by atoms with E-state index < -0.39 is 37.7 Å². The average molecular weight is 514 g/mol. The van der Waals surface area contributed by atoms with Crippen LogP contribution >= 0.6 is 0 Å². The minimum Gasteiger partial charge on any atom is -0.435 e. The van der Waals surface area contributed by atoms with Gasteiger partial charge in [-0.05, 0) is 43.7 Å². The lowest BCUT2D eigenvalue weighted by atomic mass is 10.0. The molecule has 0 aliphatic carbocycles. The zero-order valence-corrected chi connectivity index (χ0v) is 19.8. The summed E-state index contributed by atoms with van der Waals surface area (Å²) in [5.41, 5.74) is -0.211. The Kier molecular flexibility index (Phi) is 5.88. The number of benzene rings is 2. The number of fused-ring (bicyclic) bond motifs is 1. The monoisotopic (exact) mass is 513 g/mol. The summed E-state index contributed by atoms with van der Waals surface area (Å²) in [4.78, 5) is 12.9. The summed E-state index contributed by atoms with van der Waals surface area (Å²) in [5.74, 6) is -0.895. The Morgan fingerprint density at radius 3 is 2.59 bits per heavy atom. The van der Waals surface area contributed by atoms with Crippen molar-refractivity contribution >= 4 is 36.5 Å². The molecule has 2 heterocycles. The van der Waals surface area contributed by atoms with Crippen molar-refractivity contribution in [3.05, 3.63) is 48.0 Å². The molecular weight excluding hydrogens is 492 g/mol. The molecule has 1 N–H and O–H groups in total. The standard InChI is InChI=1S/C21H21F2N3O6S2/c1-21(8-9-34(30,31)12-21)24-18(27)13-6-7-17-16(10-13)19(33(2,28)29)25-26(17)14-4-3-5-15(11-14)32-20(22)23/h3-7,10-11,20H,8-9,12H2,1-2H3,(H,24,27). The highest BCUT2D eigenvalue weighted by Gasteiger charge is 2.39. The topological polar surface area (TPSA) is 124 Å². The van der Waals surface area contributed by atoms with Gasteiger partial charge in [0.2, 0.25) is 0 Å². The number of carbonyl (C=O) groups excluding carboxylic acids is 1. The second-order valence-corrected chi connectivity index (χ2v) is 12.6. The predicted octanol–water partition coefficient (Wildman–Crippen LogP) is 2.34. The van der Waals surface area contributed by atoms with Crippen molar-refractivity contribution in [2.24, 2.45) is 0 Å². The number of nitrogens with zero attached hydrogens (tertiary/aromatic N) is 2. The lowest BCUT2D eigenvalue weighted by Gasteiger charge is -2.23. The molecule has 0 saturated carbocycles. The van der Waals surface area contributed by atoms with Crippen molar-refractivity contribution in [1.29, 1.82) is 0 Å². The number of alkyl halides is 2. The summed E-state index contributed by atoms with van der Waals surface area (Å²) >= 11 is 0. The summed E-state index contributed by atoms with van der Waals surface area (Å²) in [6.45, 7) is -1.39. The van der Waals surface area contributed by atoms with Crippen molar-refractivity contribution in [2.45, 2.75) is 30.5 Å². The Hall–Kier alpha value is -3.06. The summed E-state index contributed by atoms with van der Waals surface area (Å²) in [7, 11) is -7.08. The van der Waals surface area contributed by atoms with Crippen LogP contribution in [0.1, 0.15) is 23.7 Å². The van der Waals surface area contributed by atoms with Crippen molar-refractivity contribution in [2.75, 3.05) is 17.8 Å².